The Kier molecular flexibility index (Phi) is 3.75. The Morgan fingerprint density at radius 3 is 2.47 bits per heavy atom. The second kappa shape index (κ2) is 5.48. The van der Waals surface area contributed by atoms with E-state index in [4.69, 9.17) is 9.84 Å². The fraction of sp³-hybridized carbons (Fsp3) is 0.214. The first-order valence-corrected chi connectivity index (χ1v) is 5.89. The van der Waals surface area contributed by atoms with Crippen LogP contribution in [0.25, 0.3) is 11.3 Å². The maximum Gasteiger partial charge on any atom is 0.373 e. The molecule has 1 heterocycles. The molecular weight excluding hydrogens is 244 g/mol. The Labute approximate surface area is 110 Å². The molecule has 0 saturated carbocycles. The molecule has 0 spiro atoms. The second-order valence-electron chi connectivity index (χ2n) is 4.26. The maximum absolute atomic E-state index is 10.8. The number of benzene rings is 1. The summed E-state index contributed by atoms with van der Waals surface area (Å²) in [5, 5.41) is 8.85. The molecule has 2 aromatic rings. The third-order valence-electron chi connectivity index (χ3n) is 2.37. The second-order valence-corrected chi connectivity index (χ2v) is 4.26. The molecule has 0 aliphatic carbocycles. The number of carboxylic acid groups (broad SMARTS) is 1. The predicted octanol–water partition coefficient (Wildman–Crippen LogP) is 2.63. The van der Waals surface area contributed by atoms with Crippen molar-refractivity contribution in [2.24, 2.45) is 0 Å². The third-order valence-corrected chi connectivity index (χ3v) is 2.37. The topological polar surface area (TPSA) is 72.3 Å². The van der Waals surface area contributed by atoms with Gasteiger partial charge in [0, 0.05) is 11.8 Å². The van der Waals surface area contributed by atoms with Crippen LogP contribution >= 0.6 is 0 Å². The standard InChI is InChI=1S/C14H14N2O3/c1-9(2)19-11-5-3-10(4-6-11)12-7-8-15-13(16-12)14(17)18/h3-9H,1-2H3,(H,17,18). The van der Waals surface area contributed by atoms with Gasteiger partial charge in [-0.15, -0.1) is 0 Å². The molecule has 1 aromatic heterocycles. The molecule has 0 radical (unpaired) electrons. The summed E-state index contributed by atoms with van der Waals surface area (Å²) in [4.78, 5) is 18.5. The average Bonchev–Trinajstić information content (AvgIpc) is 2.39. The van der Waals surface area contributed by atoms with Crippen LogP contribution in [0.3, 0.4) is 0 Å². The van der Waals surface area contributed by atoms with Crippen LogP contribution in [0.5, 0.6) is 5.75 Å². The fourth-order valence-corrected chi connectivity index (χ4v) is 1.60. The predicted molar refractivity (Wildman–Crippen MR) is 70.2 cm³/mol. The lowest BCUT2D eigenvalue weighted by Gasteiger charge is -2.10. The Morgan fingerprint density at radius 2 is 1.89 bits per heavy atom. The van der Waals surface area contributed by atoms with Crippen molar-refractivity contribution >= 4 is 5.97 Å². The van der Waals surface area contributed by atoms with Crippen molar-refractivity contribution in [2.45, 2.75) is 20.0 Å². The number of nitrogens with zero attached hydrogens (tertiary/aromatic N) is 2. The molecular formula is C14H14N2O3. The molecule has 0 aliphatic rings. The molecule has 0 atom stereocenters. The number of carboxylic acids is 1. The van der Waals surface area contributed by atoms with Crippen LogP contribution in [0.15, 0.2) is 36.5 Å². The normalized spacial score (nSPS) is 10.5. The summed E-state index contributed by atoms with van der Waals surface area (Å²) in [6.07, 6.45) is 1.55. The zero-order valence-corrected chi connectivity index (χ0v) is 10.7. The van der Waals surface area contributed by atoms with Crippen LogP contribution in [0, 0.1) is 0 Å². The van der Waals surface area contributed by atoms with Gasteiger partial charge < -0.3 is 9.84 Å². The maximum atomic E-state index is 10.8. The van der Waals surface area contributed by atoms with E-state index in [0.29, 0.717) is 5.69 Å². The van der Waals surface area contributed by atoms with Crippen molar-refractivity contribution < 1.29 is 14.6 Å². The first kappa shape index (κ1) is 13.0. The van der Waals surface area contributed by atoms with E-state index in [0.717, 1.165) is 11.3 Å². The first-order valence-electron chi connectivity index (χ1n) is 5.89. The number of hydrogen-bond donors (Lipinski definition) is 1. The highest BCUT2D eigenvalue weighted by Crippen LogP contribution is 2.21. The van der Waals surface area contributed by atoms with Crippen molar-refractivity contribution in [1.82, 2.24) is 9.97 Å². The lowest BCUT2D eigenvalue weighted by Crippen LogP contribution is -2.05. The molecule has 0 aliphatic heterocycles. The van der Waals surface area contributed by atoms with E-state index in [-0.39, 0.29) is 11.9 Å². The van der Waals surface area contributed by atoms with Crippen molar-refractivity contribution in [2.75, 3.05) is 0 Å². The molecule has 1 aromatic carbocycles. The van der Waals surface area contributed by atoms with Gasteiger partial charge in [-0.1, -0.05) is 0 Å². The number of rotatable bonds is 4. The minimum atomic E-state index is -1.14. The van der Waals surface area contributed by atoms with Crippen LogP contribution < -0.4 is 4.74 Å². The molecule has 5 heteroatoms. The lowest BCUT2D eigenvalue weighted by molar-refractivity contribution is 0.0683. The van der Waals surface area contributed by atoms with Crippen molar-refractivity contribution in [3.8, 4) is 17.0 Å². The highest BCUT2D eigenvalue weighted by molar-refractivity contribution is 5.83. The summed E-state index contributed by atoms with van der Waals surface area (Å²) in [6, 6.07) is 9.01. The summed E-state index contributed by atoms with van der Waals surface area (Å²) < 4.78 is 5.54. The van der Waals surface area contributed by atoms with Crippen LogP contribution in [0.2, 0.25) is 0 Å². The SMILES string of the molecule is CC(C)Oc1ccc(-c2ccnc(C(=O)O)n2)cc1. The Bertz CT molecular complexity index is 579. The molecule has 0 unspecified atom stereocenters. The zero-order chi connectivity index (χ0) is 13.8. The van der Waals surface area contributed by atoms with Crippen molar-refractivity contribution in [3.05, 3.63) is 42.4 Å². The molecule has 2 rings (SSSR count). The molecule has 98 valence electrons. The highest BCUT2D eigenvalue weighted by atomic mass is 16.5. The van der Waals surface area contributed by atoms with Crippen LogP contribution in [0.4, 0.5) is 0 Å². The molecule has 0 saturated heterocycles. The summed E-state index contributed by atoms with van der Waals surface area (Å²) in [7, 11) is 0. The third kappa shape index (κ3) is 3.28. The summed E-state index contributed by atoms with van der Waals surface area (Å²) in [6.45, 7) is 3.91. The Hall–Kier alpha value is -2.43. The van der Waals surface area contributed by atoms with Crippen LogP contribution in [-0.4, -0.2) is 27.1 Å². The van der Waals surface area contributed by atoms with Gasteiger partial charge in [-0.25, -0.2) is 14.8 Å². The van der Waals surface area contributed by atoms with E-state index in [1.807, 2.05) is 38.1 Å². The van der Waals surface area contributed by atoms with Crippen molar-refractivity contribution in [3.63, 3.8) is 0 Å². The Morgan fingerprint density at radius 1 is 1.21 bits per heavy atom. The van der Waals surface area contributed by atoms with Gasteiger partial charge in [-0.2, -0.15) is 0 Å². The molecule has 0 fully saturated rings. The van der Waals surface area contributed by atoms with E-state index in [1.54, 1.807) is 6.07 Å². The van der Waals surface area contributed by atoms with E-state index in [1.165, 1.54) is 6.20 Å². The van der Waals surface area contributed by atoms with Crippen LogP contribution in [-0.2, 0) is 0 Å². The Balaban J connectivity index is 2.27. The molecule has 5 nitrogen and oxygen atoms in total. The number of carbonyl (C=O) groups is 1. The quantitative estimate of drug-likeness (QED) is 0.912. The van der Waals surface area contributed by atoms with Gasteiger partial charge in [-0.05, 0) is 44.2 Å². The minimum absolute atomic E-state index is 0.114. The summed E-state index contributed by atoms with van der Waals surface area (Å²) in [5.74, 6) is -0.576. The molecule has 0 bridgehead atoms. The molecule has 19 heavy (non-hydrogen) atoms. The number of aromatic carboxylic acids is 1. The number of ether oxygens (including phenoxy) is 1. The van der Waals surface area contributed by atoms with Crippen molar-refractivity contribution in [1.29, 1.82) is 0 Å². The van der Waals surface area contributed by atoms with E-state index >= 15 is 0 Å². The van der Waals surface area contributed by atoms with Gasteiger partial charge in [0.15, 0.2) is 0 Å². The van der Waals surface area contributed by atoms with Crippen LogP contribution in [0.1, 0.15) is 24.5 Å². The number of hydrogen-bond acceptors (Lipinski definition) is 4. The van der Waals surface area contributed by atoms with Gasteiger partial charge in [0.25, 0.3) is 0 Å². The molecule has 1 N–H and O–H groups in total. The smallest absolute Gasteiger partial charge is 0.373 e. The summed E-state index contributed by atoms with van der Waals surface area (Å²) in [5.41, 5.74) is 1.39. The van der Waals surface area contributed by atoms with E-state index < -0.39 is 5.97 Å². The van der Waals surface area contributed by atoms with Gasteiger partial charge in [-0.3, -0.25) is 0 Å². The fourth-order valence-electron chi connectivity index (χ4n) is 1.60. The monoisotopic (exact) mass is 258 g/mol. The average molecular weight is 258 g/mol. The molecule has 0 amide bonds. The van der Waals surface area contributed by atoms with Gasteiger partial charge in [0.05, 0.1) is 11.8 Å². The van der Waals surface area contributed by atoms with E-state index in [9.17, 15) is 4.79 Å². The van der Waals surface area contributed by atoms with Gasteiger partial charge in [0.1, 0.15) is 5.75 Å². The summed E-state index contributed by atoms with van der Waals surface area (Å²) >= 11 is 0. The minimum Gasteiger partial charge on any atom is -0.491 e. The highest BCUT2D eigenvalue weighted by Gasteiger charge is 2.08. The number of aromatic nitrogens is 2. The first-order chi connectivity index (χ1) is 9.06. The zero-order valence-electron chi connectivity index (χ0n) is 10.7. The van der Waals surface area contributed by atoms with E-state index in [2.05, 4.69) is 9.97 Å². The van der Waals surface area contributed by atoms with Gasteiger partial charge in [0.2, 0.25) is 5.82 Å². The largest absolute Gasteiger partial charge is 0.491 e. The van der Waals surface area contributed by atoms with Gasteiger partial charge >= 0.3 is 5.97 Å². The lowest BCUT2D eigenvalue weighted by atomic mass is 10.1.